The first-order valence-electron chi connectivity index (χ1n) is 7.77. The van der Waals surface area contributed by atoms with Gasteiger partial charge in [0.25, 0.3) is 0 Å². The van der Waals surface area contributed by atoms with Gasteiger partial charge in [-0.25, -0.2) is 8.42 Å². The number of thiophene rings is 1. The van der Waals surface area contributed by atoms with E-state index in [1.165, 1.54) is 4.31 Å². The van der Waals surface area contributed by atoms with Crippen molar-refractivity contribution in [2.75, 3.05) is 6.54 Å². The van der Waals surface area contributed by atoms with Crippen LogP contribution in [-0.2, 0) is 23.0 Å². The zero-order valence-corrected chi connectivity index (χ0v) is 16.1. The van der Waals surface area contributed by atoms with Gasteiger partial charge in [-0.15, -0.1) is 11.3 Å². The van der Waals surface area contributed by atoms with Gasteiger partial charge in [-0.1, -0.05) is 23.7 Å². The lowest BCUT2D eigenvalue weighted by Gasteiger charge is -2.22. The molecule has 0 fully saturated rings. The predicted octanol–water partition coefficient (Wildman–Crippen LogP) is 4.74. The summed E-state index contributed by atoms with van der Waals surface area (Å²) in [5, 5.41) is 2.44. The summed E-state index contributed by atoms with van der Waals surface area (Å²) in [6, 6.07) is 10.7. The molecule has 0 radical (unpaired) electrons. The fourth-order valence-corrected chi connectivity index (χ4v) is 5.17. The summed E-state index contributed by atoms with van der Waals surface area (Å²) < 4.78 is 33.0. The molecule has 0 saturated carbocycles. The second kappa shape index (κ2) is 7.74. The van der Waals surface area contributed by atoms with Gasteiger partial charge in [0.05, 0.1) is 17.4 Å². The highest BCUT2D eigenvalue weighted by Crippen LogP contribution is 2.27. The zero-order chi connectivity index (χ0) is 17.9. The van der Waals surface area contributed by atoms with E-state index in [9.17, 15) is 8.42 Å². The maximum absolute atomic E-state index is 13.2. The minimum absolute atomic E-state index is 0.245. The van der Waals surface area contributed by atoms with Crippen molar-refractivity contribution in [1.82, 2.24) is 4.31 Å². The third kappa shape index (κ3) is 4.15. The molecule has 3 aromatic rings. The van der Waals surface area contributed by atoms with Gasteiger partial charge in [-0.05, 0) is 48.6 Å². The normalized spacial score (nSPS) is 12.0. The molecule has 0 N–H and O–H groups in total. The van der Waals surface area contributed by atoms with Crippen LogP contribution in [0.3, 0.4) is 0 Å². The van der Waals surface area contributed by atoms with Gasteiger partial charge in [-0.2, -0.15) is 4.31 Å². The van der Waals surface area contributed by atoms with Gasteiger partial charge in [0.2, 0.25) is 10.0 Å². The zero-order valence-electron chi connectivity index (χ0n) is 13.7. The molecule has 0 saturated heterocycles. The molecule has 0 atom stereocenters. The van der Waals surface area contributed by atoms with Gasteiger partial charge >= 0.3 is 0 Å². The van der Waals surface area contributed by atoms with E-state index in [4.69, 9.17) is 16.0 Å². The van der Waals surface area contributed by atoms with Crippen LogP contribution in [0.1, 0.15) is 16.0 Å². The molecule has 0 unspecified atom stereocenters. The number of halogens is 1. The first kappa shape index (κ1) is 18.2. The van der Waals surface area contributed by atoms with Crippen molar-refractivity contribution < 1.29 is 12.8 Å². The Labute approximate surface area is 156 Å². The predicted molar refractivity (Wildman–Crippen MR) is 101 cm³/mol. The molecule has 0 amide bonds. The van der Waals surface area contributed by atoms with Crippen LogP contribution in [0.25, 0.3) is 0 Å². The van der Waals surface area contributed by atoms with Crippen molar-refractivity contribution in [1.29, 1.82) is 0 Å². The number of hydrogen-bond acceptors (Lipinski definition) is 4. The Morgan fingerprint density at radius 1 is 1.20 bits per heavy atom. The molecule has 2 heterocycles. The topological polar surface area (TPSA) is 50.5 Å². The number of nitrogens with zero attached hydrogens (tertiary/aromatic N) is 1. The van der Waals surface area contributed by atoms with Gasteiger partial charge in [0.1, 0.15) is 0 Å². The molecule has 7 heteroatoms. The SMILES string of the molecule is Cc1c(Cl)cccc1S(=O)(=O)N(CCc1cccs1)Cc1ccoc1. The van der Waals surface area contributed by atoms with Crippen LogP contribution in [0.2, 0.25) is 5.02 Å². The Kier molecular flexibility index (Phi) is 5.64. The smallest absolute Gasteiger partial charge is 0.243 e. The van der Waals surface area contributed by atoms with Crippen molar-refractivity contribution in [3.8, 4) is 0 Å². The summed E-state index contributed by atoms with van der Waals surface area (Å²) in [5.74, 6) is 0. The van der Waals surface area contributed by atoms with Crippen LogP contribution in [-0.4, -0.2) is 19.3 Å². The van der Waals surface area contributed by atoms with Crippen molar-refractivity contribution in [3.63, 3.8) is 0 Å². The van der Waals surface area contributed by atoms with Gasteiger partial charge in [0, 0.05) is 28.6 Å². The largest absolute Gasteiger partial charge is 0.472 e. The molecule has 2 aromatic heterocycles. The molecular formula is C18H18ClNO3S2. The third-order valence-electron chi connectivity index (χ3n) is 3.96. The maximum Gasteiger partial charge on any atom is 0.243 e. The van der Waals surface area contributed by atoms with Crippen LogP contribution in [0.15, 0.2) is 63.6 Å². The van der Waals surface area contributed by atoms with E-state index < -0.39 is 10.0 Å². The second-order valence-electron chi connectivity index (χ2n) is 5.66. The highest BCUT2D eigenvalue weighted by Gasteiger charge is 2.27. The molecule has 4 nitrogen and oxygen atoms in total. The van der Waals surface area contributed by atoms with E-state index in [0.29, 0.717) is 23.6 Å². The summed E-state index contributed by atoms with van der Waals surface area (Å²) in [6.07, 6.45) is 3.77. The lowest BCUT2D eigenvalue weighted by atomic mass is 10.2. The monoisotopic (exact) mass is 395 g/mol. The molecule has 25 heavy (non-hydrogen) atoms. The summed E-state index contributed by atoms with van der Waals surface area (Å²) in [6.45, 7) is 2.38. The summed E-state index contributed by atoms with van der Waals surface area (Å²) in [4.78, 5) is 1.39. The highest BCUT2D eigenvalue weighted by molar-refractivity contribution is 7.89. The number of hydrogen-bond donors (Lipinski definition) is 0. The molecule has 3 rings (SSSR count). The Balaban J connectivity index is 1.92. The minimum atomic E-state index is -3.67. The Morgan fingerprint density at radius 3 is 2.72 bits per heavy atom. The van der Waals surface area contributed by atoms with Gasteiger partial charge < -0.3 is 4.42 Å². The highest BCUT2D eigenvalue weighted by atomic mass is 35.5. The average molecular weight is 396 g/mol. The van der Waals surface area contributed by atoms with E-state index in [1.807, 2.05) is 17.5 Å². The lowest BCUT2D eigenvalue weighted by Crippen LogP contribution is -2.32. The fraction of sp³-hybridized carbons (Fsp3) is 0.222. The van der Waals surface area contributed by atoms with E-state index in [0.717, 1.165) is 10.4 Å². The molecule has 0 aliphatic heterocycles. The minimum Gasteiger partial charge on any atom is -0.472 e. The van der Waals surface area contributed by atoms with E-state index >= 15 is 0 Å². The van der Waals surface area contributed by atoms with Crippen molar-refractivity contribution in [2.24, 2.45) is 0 Å². The van der Waals surface area contributed by atoms with Crippen molar-refractivity contribution >= 4 is 33.0 Å². The summed E-state index contributed by atoms with van der Waals surface area (Å²) in [7, 11) is -3.67. The third-order valence-corrected chi connectivity index (χ3v) is 7.30. The molecule has 0 aliphatic rings. The van der Waals surface area contributed by atoms with Crippen LogP contribution in [0, 0.1) is 6.92 Å². The molecule has 132 valence electrons. The van der Waals surface area contributed by atoms with Crippen LogP contribution < -0.4 is 0 Å². The van der Waals surface area contributed by atoms with Crippen LogP contribution in [0.5, 0.6) is 0 Å². The number of benzene rings is 1. The molecule has 0 spiro atoms. The maximum atomic E-state index is 13.2. The summed E-state index contributed by atoms with van der Waals surface area (Å²) >= 11 is 7.75. The second-order valence-corrected chi connectivity index (χ2v) is 9.01. The fourth-order valence-electron chi connectivity index (χ4n) is 2.57. The van der Waals surface area contributed by atoms with Gasteiger partial charge in [-0.3, -0.25) is 0 Å². The summed E-state index contributed by atoms with van der Waals surface area (Å²) in [5.41, 5.74) is 1.38. The Morgan fingerprint density at radius 2 is 2.04 bits per heavy atom. The Bertz CT molecular complexity index is 919. The molecule has 0 bridgehead atoms. The van der Waals surface area contributed by atoms with Crippen LogP contribution in [0.4, 0.5) is 0 Å². The molecule has 1 aromatic carbocycles. The Hall–Kier alpha value is -1.60. The standard InChI is InChI=1S/C18H18ClNO3S2/c1-14-17(19)5-2-6-18(14)25(21,22)20(12-15-8-10-23-13-15)9-7-16-4-3-11-24-16/h2-6,8,10-11,13H,7,9,12H2,1H3. The van der Waals surface area contributed by atoms with Gasteiger partial charge in [0.15, 0.2) is 0 Å². The van der Waals surface area contributed by atoms with Crippen molar-refractivity contribution in [2.45, 2.75) is 24.8 Å². The van der Waals surface area contributed by atoms with E-state index in [2.05, 4.69) is 0 Å². The first-order chi connectivity index (χ1) is 12.0. The number of furan rings is 1. The average Bonchev–Trinajstić information content (AvgIpc) is 3.27. The van der Waals surface area contributed by atoms with Crippen molar-refractivity contribution in [3.05, 3.63) is 75.3 Å². The van der Waals surface area contributed by atoms with Crippen LogP contribution >= 0.6 is 22.9 Å². The molecule has 0 aliphatic carbocycles. The van der Waals surface area contributed by atoms with E-state index in [1.54, 1.807) is 55.1 Å². The number of sulfonamides is 1. The molecular weight excluding hydrogens is 378 g/mol. The quantitative estimate of drug-likeness (QED) is 0.580. The first-order valence-corrected chi connectivity index (χ1v) is 10.5. The van der Waals surface area contributed by atoms with E-state index in [-0.39, 0.29) is 11.4 Å². The lowest BCUT2D eigenvalue weighted by molar-refractivity contribution is 0.408. The number of rotatable bonds is 7.